The molecule has 0 aliphatic carbocycles. The van der Waals surface area contributed by atoms with Crippen molar-refractivity contribution >= 4 is 17.7 Å². The average Bonchev–Trinajstić information content (AvgIpc) is 2.67. The number of nitrogens with one attached hydrogen (secondary N) is 2. The molecule has 0 atom stereocenters. The maximum atomic E-state index is 10.0. The van der Waals surface area contributed by atoms with Gasteiger partial charge in [0.15, 0.2) is 5.96 Å². The lowest BCUT2D eigenvalue weighted by Gasteiger charge is -2.11. The van der Waals surface area contributed by atoms with Crippen molar-refractivity contribution in [1.82, 2.24) is 10.6 Å². The Bertz CT molecular complexity index is 693. The third kappa shape index (κ3) is 6.88. The summed E-state index contributed by atoms with van der Waals surface area (Å²) in [5.74, 6) is 2.67. The molecule has 6 heteroatoms. The molecule has 0 amide bonds. The molecule has 0 aromatic heterocycles. The Kier molecular flexibility index (Phi) is 8.69. The first-order valence-electron chi connectivity index (χ1n) is 8.79. The fourth-order valence-corrected chi connectivity index (χ4v) is 3.16. The fraction of sp³-hybridized carbons (Fsp3) is 0.350. The summed E-state index contributed by atoms with van der Waals surface area (Å²) in [6, 6.07) is 15.7. The van der Waals surface area contributed by atoms with Crippen LogP contribution in [0.4, 0.5) is 0 Å². The van der Waals surface area contributed by atoms with Crippen LogP contribution >= 0.6 is 11.8 Å². The van der Waals surface area contributed by atoms with Gasteiger partial charge in [-0.15, -0.1) is 11.8 Å². The number of hydrogen-bond donors (Lipinski definition) is 3. The molecule has 2 rings (SSSR count). The van der Waals surface area contributed by atoms with E-state index in [2.05, 4.69) is 39.9 Å². The van der Waals surface area contributed by atoms with Gasteiger partial charge in [-0.25, -0.2) is 0 Å². The van der Waals surface area contributed by atoms with Gasteiger partial charge in [0.05, 0.1) is 7.11 Å². The van der Waals surface area contributed by atoms with Gasteiger partial charge in [0.2, 0.25) is 0 Å². The number of aromatic hydroxyl groups is 1. The number of ether oxygens (including phenoxy) is 1. The number of guanidine groups is 1. The molecule has 2 aromatic carbocycles. The molecule has 0 unspecified atom stereocenters. The van der Waals surface area contributed by atoms with Crippen LogP contribution in [0.15, 0.2) is 58.4 Å². The second-order valence-corrected chi connectivity index (χ2v) is 6.76. The van der Waals surface area contributed by atoms with E-state index in [1.807, 2.05) is 36.9 Å². The minimum Gasteiger partial charge on any atom is -0.508 e. The monoisotopic (exact) mass is 373 g/mol. The van der Waals surface area contributed by atoms with Crippen LogP contribution in [0.1, 0.15) is 12.5 Å². The molecule has 0 saturated heterocycles. The zero-order valence-corrected chi connectivity index (χ0v) is 16.2. The van der Waals surface area contributed by atoms with E-state index in [1.54, 1.807) is 13.2 Å². The van der Waals surface area contributed by atoms with Gasteiger partial charge in [-0.1, -0.05) is 24.3 Å². The predicted molar refractivity (Wildman–Crippen MR) is 110 cm³/mol. The number of methoxy groups -OCH3 is 1. The van der Waals surface area contributed by atoms with E-state index in [0.29, 0.717) is 18.7 Å². The van der Waals surface area contributed by atoms with Crippen LogP contribution in [0.5, 0.6) is 11.5 Å². The van der Waals surface area contributed by atoms with E-state index < -0.39 is 0 Å². The first-order valence-corrected chi connectivity index (χ1v) is 9.77. The minimum absolute atomic E-state index is 0.247. The molecule has 0 radical (unpaired) electrons. The SMILES string of the molecule is CCNC(=NCCc1ccc(OC)cc1O)NCCSc1ccccc1. The van der Waals surface area contributed by atoms with Crippen molar-refractivity contribution in [3.63, 3.8) is 0 Å². The highest BCUT2D eigenvalue weighted by Crippen LogP contribution is 2.23. The van der Waals surface area contributed by atoms with E-state index in [1.165, 1.54) is 4.90 Å². The van der Waals surface area contributed by atoms with Gasteiger partial charge in [-0.05, 0) is 37.1 Å². The number of benzene rings is 2. The molecule has 0 heterocycles. The van der Waals surface area contributed by atoms with Crippen LogP contribution < -0.4 is 15.4 Å². The van der Waals surface area contributed by atoms with Crippen LogP contribution in [0.2, 0.25) is 0 Å². The quantitative estimate of drug-likeness (QED) is 0.272. The van der Waals surface area contributed by atoms with E-state index in [4.69, 9.17) is 4.74 Å². The summed E-state index contributed by atoms with van der Waals surface area (Å²) in [6.07, 6.45) is 0.672. The largest absolute Gasteiger partial charge is 0.508 e. The van der Waals surface area contributed by atoms with Crippen molar-refractivity contribution < 1.29 is 9.84 Å². The van der Waals surface area contributed by atoms with E-state index >= 15 is 0 Å². The van der Waals surface area contributed by atoms with Crippen molar-refractivity contribution in [2.24, 2.45) is 4.99 Å². The van der Waals surface area contributed by atoms with Crippen LogP contribution in [0, 0.1) is 0 Å². The van der Waals surface area contributed by atoms with Gasteiger partial charge >= 0.3 is 0 Å². The van der Waals surface area contributed by atoms with Crippen LogP contribution in [0.3, 0.4) is 0 Å². The zero-order valence-electron chi connectivity index (χ0n) is 15.4. The first kappa shape index (κ1) is 20.0. The Morgan fingerprint density at radius 1 is 1.15 bits per heavy atom. The van der Waals surface area contributed by atoms with Gasteiger partial charge in [0.25, 0.3) is 0 Å². The van der Waals surface area contributed by atoms with Gasteiger partial charge in [-0.3, -0.25) is 4.99 Å². The molecular weight excluding hydrogens is 346 g/mol. The molecule has 140 valence electrons. The van der Waals surface area contributed by atoms with Crippen molar-refractivity contribution in [3.05, 3.63) is 54.1 Å². The number of rotatable bonds is 9. The lowest BCUT2D eigenvalue weighted by Crippen LogP contribution is -2.38. The van der Waals surface area contributed by atoms with Gasteiger partial charge in [0.1, 0.15) is 11.5 Å². The molecule has 0 saturated carbocycles. The number of phenols is 1. The Hall–Kier alpha value is -2.34. The third-order valence-corrected chi connectivity index (χ3v) is 4.71. The summed E-state index contributed by atoms with van der Waals surface area (Å²) in [6.45, 7) is 4.29. The predicted octanol–water partition coefficient (Wildman–Crippen LogP) is 3.29. The smallest absolute Gasteiger partial charge is 0.191 e. The summed E-state index contributed by atoms with van der Waals surface area (Å²) in [5, 5.41) is 16.6. The zero-order chi connectivity index (χ0) is 18.6. The summed E-state index contributed by atoms with van der Waals surface area (Å²) < 4.78 is 5.10. The summed E-state index contributed by atoms with van der Waals surface area (Å²) in [7, 11) is 1.59. The molecule has 0 fully saturated rings. The van der Waals surface area contributed by atoms with Crippen molar-refractivity contribution in [2.75, 3.05) is 32.5 Å². The molecular formula is C20H27N3O2S. The Morgan fingerprint density at radius 2 is 1.96 bits per heavy atom. The molecule has 0 spiro atoms. The van der Waals surface area contributed by atoms with Crippen LogP contribution in [-0.4, -0.2) is 43.6 Å². The standard InChI is InChI=1S/C20H27N3O2S/c1-3-21-20(23-13-14-26-18-7-5-4-6-8-18)22-12-11-16-9-10-17(25-2)15-19(16)24/h4-10,15,24H,3,11-14H2,1-2H3,(H2,21,22,23). The Balaban J connectivity index is 1.78. The number of hydrogen-bond acceptors (Lipinski definition) is 4. The molecule has 5 nitrogen and oxygen atoms in total. The summed E-state index contributed by atoms with van der Waals surface area (Å²) >= 11 is 1.82. The lowest BCUT2D eigenvalue weighted by atomic mass is 10.1. The van der Waals surface area contributed by atoms with E-state index in [0.717, 1.165) is 30.4 Å². The number of nitrogens with zero attached hydrogens (tertiary/aromatic N) is 1. The molecule has 0 aliphatic rings. The highest BCUT2D eigenvalue weighted by molar-refractivity contribution is 7.99. The third-order valence-electron chi connectivity index (χ3n) is 3.69. The Morgan fingerprint density at radius 3 is 2.65 bits per heavy atom. The normalized spacial score (nSPS) is 11.2. The maximum Gasteiger partial charge on any atom is 0.191 e. The number of aliphatic imine (C=N–C) groups is 1. The average molecular weight is 374 g/mol. The molecule has 0 aliphatic heterocycles. The van der Waals surface area contributed by atoms with Crippen molar-refractivity contribution in [2.45, 2.75) is 18.2 Å². The molecule has 0 bridgehead atoms. The topological polar surface area (TPSA) is 65.9 Å². The molecule has 3 N–H and O–H groups in total. The Labute approximate surface area is 159 Å². The molecule has 26 heavy (non-hydrogen) atoms. The maximum absolute atomic E-state index is 10.0. The van der Waals surface area contributed by atoms with Crippen molar-refractivity contribution in [1.29, 1.82) is 0 Å². The van der Waals surface area contributed by atoms with E-state index in [-0.39, 0.29) is 5.75 Å². The second-order valence-electron chi connectivity index (χ2n) is 5.59. The number of phenolic OH excluding ortho intramolecular Hbond substituents is 1. The van der Waals surface area contributed by atoms with E-state index in [9.17, 15) is 5.11 Å². The van der Waals surface area contributed by atoms with Gasteiger partial charge in [-0.2, -0.15) is 0 Å². The fourth-order valence-electron chi connectivity index (χ4n) is 2.37. The van der Waals surface area contributed by atoms with Crippen molar-refractivity contribution in [3.8, 4) is 11.5 Å². The molecule has 2 aromatic rings. The summed E-state index contributed by atoms with van der Waals surface area (Å²) in [5.41, 5.74) is 0.866. The van der Waals surface area contributed by atoms with Crippen LogP contribution in [-0.2, 0) is 6.42 Å². The minimum atomic E-state index is 0.247. The highest BCUT2D eigenvalue weighted by atomic mass is 32.2. The summed E-state index contributed by atoms with van der Waals surface area (Å²) in [4.78, 5) is 5.85. The lowest BCUT2D eigenvalue weighted by molar-refractivity contribution is 0.406. The number of thioether (sulfide) groups is 1. The van der Waals surface area contributed by atoms with Gasteiger partial charge < -0.3 is 20.5 Å². The van der Waals surface area contributed by atoms with Crippen LogP contribution in [0.25, 0.3) is 0 Å². The second kappa shape index (κ2) is 11.3. The van der Waals surface area contributed by atoms with Gasteiger partial charge in [0, 0.05) is 36.3 Å². The first-order chi connectivity index (χ1) is 12.7. The highest BCUT2D eigenvalue weighted by Gasteiger charge is 2.03.